The highest BCUT2D eigenvalue weighted by molar-refractivity contribution is 9.10. The van der Waals surface area contributed by atoms with Crippen molar-refractivity contribution >= 4 is 21.6 Å². The summed E-state index contributed by atoms with van der Waals surface area (Å²) in [6, 6.07) is 7.34. The predicted octanol–water partition coefficient (Wildman–Crippen LogP) is 4.20. The van der Waals surface area contributed by atoms with E-state index < -0.39 is 12.6 Å². The van der Waals surface area contributed by atoms with Crippen LogP contribution in [0.4, 0.5) is 18.9 Å². The Kier molecular flexibility index (Phi) is 4.45. The van der Waals surface area contributed by atoms with Crippen LogP contribution in [0.3, 0.4) is 0 Å². The van der Waals surface area contributed by atoms with Crippen molar-refractivity contribution in [3.63, 3.8) is 0 Å². The van der Waals surface area contributed by atoms with Crippen molar-refractivity contribution in [3.8, 4) is 0 Å². The summed E-state index contributed by atoms with van der Waals surface area (Å²) in [5.74, 6) is 0. The van der Waals surface area contributed by atoms with Crippen LogP contribution in [-0.2, 0) is 0 Å². The molecule has 0 aromatic heterocycles. The van der Waals surface area contributed by atoms with Gasteiger partial charge in [-0.15, -0.1) is 0 Å². The van der Waals surface area contributed by atoms with Crippen LogP contribution in [0.1, 0.15) is 12.8 Å². The third-order valence-corrected chi connectivity index (χ3v) is 2.52. The van der Waals surface area contributed by atoms with Crippen LogP contribution in [0.25, 0.3) is 0 Å². The number of nitrogens with one attached hydrogen (secondary N) is 1. The van der Waals surface area contributed by atoms with E-state index in [0.717, 1.165) is 10.2 Å². The zero-order valence-electron chi connectivity index (χ0n) is 7.94. The first-order valence-electron chi connectivity index (χ1n) is 4.54. The first kappa shape index (κ1) is 12.4. The van der Waals surface area contributed by atoms with Crippen LogP contribution >= 0.6 is 15.9 Å². The maximum absolute atomic E-state index is 11.8. The maximum Gasteiger partial charge on any atom is 0.389 e. The fourth-order valence-corrected chi connectivity index (χ4v) is 1.54. The molecule has 0 atom stereocenters. The highest BCUT2D eigenvalue weighted by Gasteiger charge is 2.25. The summed E-state index contributed by atoms with van der Waals surface area (Å²) in [4.78, 5) is 0. The molecule has 0 amide bonds. The third-order valence-electron chi connectivity index (χ3n) is 1.83. The third kappa shape index (κ3) is 5.06. The molecule has 84 valence electrons. The lowest BCUT2D eigenvalue weighted by Gasteiger charge is -2.09. The average Bonchev–Trinajstić information content (AvgIpc) is 2.13. The van der Waals surface area contributed by atoms with Gasteiger partial charge in [0, 0.05) is 23.1 Å². The van der Waals surface area contributed by atoms with E-state index in [2.05, 4.69) is 21.2 Å². The van der Waals surface area contributed by atoms with E-state index in [1.807, 2.05) is 24.3 Å². The van der Waals surface area contributed by atoms with Crippen LogP contribution in [0.5, 0.6) is 0 Å². The lowest BCUT2D eigenvalue weighted by Crippen LogP contribution is -2.11. The van der Waals surface area contributed by atoms with Gasteiger partial charge in [-0.2, -0.15) is 13.2 Å². The normalized spacial score (nSPS) is 11.5. The fourth-order valence-electron chi connectivity index (χ4n) is 1.12. The van der Waals surface area contributed by atoms with Gasteiger partial charge in [-0.05, 0) is 34.5 Å². The van der Waals surface area contributed by atoms with E-state index >= 15 is 0 Å². The predicted molar refractivity (Wildman–Crippen MR) is 57.9 cm³/mol. The number of alkyl halides is 3. The SMILES string of the molecule is FC(F)(F)CCCNc1ccccc1Br. The van der Waals surface area contributed by atoms with E-state index in [0.29, 0.717) is 6.54 Å². The number of hydrogen-bond donors (Lipinski definition) is 1. The Morgan fingerprint density at radius 1 is 1.20 bits per heavy atom. The number of anilines is 1. The van der Waals surface area contributed by atoms with E-state index in [-0.39, 0.29) is 6.42 Å². The van der Waals surface area contributed by atoms with Gasteiger partial charge in [0.2, 0.25) is 0 Å². The Labute approximate surface area is 94.8 Å². The van der Waals surface area contributed by atoms with Gasteiger partial charge in [0.05, 0.1) is 0 Å². The van der Waals surface area contributed by atoms with Crippen molar-refractivity contribution in [2.24, 2.45) is 0 Å². The smallest absolute Gasteiger partial charge is 0.384 e. The number of halogens is 4. The van der Waals surface area contributed by atoms with Crippen molar-refractivity contribution in [3.05, 3.63) is 28.7 Å². The minimum atomic E-state index is -4.06. The summed E-state index contributed by atoms with van der Waals surface area (Å²) in [5.41, 5.74) is 0.819. The highest BCUT2D eigenvalue weighted by Crippen LogP contribution is 2.23. The van der Waals surface area contributed by atoms with Crippen LogP contribution < -0.4 is 5.32 Å². The molecule has 15 heavy (non-hydrogen) atoms. The Morgan fingerprint density at radius 3 is 2.47 bits per heavy atom. The number of benzene rings is 1. The van der Waals surface area contributed by atoms with Crippen LogP contribution in [-0.4, -0.2) is 12.7 Å². The molecule has 1 N–H and O–H groups in total. The zero-order valence-corrected chi connectivity index (χ0v) is 9.53. The highest BCUT2D eigenvalue weighted by atomic mass is 79.9. The molecular weight excluding hydrogens is 271 g/mol. The van der Waals surface area contributed by atoms with E-state index in [4.69, 9.17) is 0 Å². The van der Waals surface area contributed by atoms with Crippen molar-refractivity contribution in [1.82, 2.24) is 0 Å². The second kappa shape index (κ2) is 5.39. The van der Waals surface area contributed by atoms with Gasteiger partial charge >= 0.3 is 6.18 Å². The van der Waals surface area contributed by atoms with Crippen LogP contribution in [0, 0.1) is 0 Å². The van der Waals surface area contributed by atoms with Crippen LogP contribution in [0.15, 0.2) is 28.7 Å². The molecule has 0 fully saturated rings. The molecule has 0 saturated heterocycles. The molecule has 0 bridgehead atoms. The summed E-state index contributed by atoms with van der Waals surface area (Å²) < 4.78 is 36.3. The quantitative estimate of drug-likeness (QED) is 0.816. The molecule has 0 aliphatic rings. The number of rotatable bonds is 4. The second-order valence-corrected chi connectivity index (χ2v) is 3.98. The molecule has 1 rings (SSSR count). The molecule has 5 heteroatoms. The van der Waals surface area contributed by atoms with Crippen LogP contribution in [0.2, 0.25) is 0 Å². The van der Waals surface area contributed by atoms with Gasteiger partial charge in [-0.25, -0.2) is 0 Å². The fraction of sp³-hybridized carbons (Fsp3) is 0.400. The second-order valence-electron chi connectivity index (χ2n) is 3.13. The van der Waals surface area contributed by atoms with Gasteiger partial charge in [0.15, 0.2) is 0 Å². The van der Waals surface area contributed by atoms with Gasteiger partial charge < -0.3 is 5.32 Å². The average molecular weight is 282 g/mol. The molecule has 1 aromatic rings. The standard InChI is InChI=1S/C10H11BrF3N/c11-8-4-1-2-5-9(8)15-7-3-6-10(12,13)14/h1-2,4-5,15H,3,6-7H2. The van der Waals surface area contributed by atoms with Crippen molar-refractivity contribution in [2.75, 3.05) is 11.9 Å². The summed E-state index contributed by atoms with van der Waals surface area (Å²) in [5, 5.41) is 2.94. The molecule has 1 nitrogen and oxygen atoms in total. The Bertz CT molecular complexity index is 312. The summed E-state index contributed by atoms with van der Waals surface area (Å²) in [6.07, 6.45) is -4.72. The first-order valence-corrected chi connectivity index (χ1v) is 5.33. The first-order chi connectivity index (χ1) is 6.99. The van der Waals surface area contributed by atoms with E-state index in [9.17, 15) is 13.2 Å². The van der Waals surface area contributed by atoms with Gasteiger partial charge in [-0.1, -0.05) is 12.1 Å². The molecule has 1 aromatic carbocycles. The van der Waals surface area contributed by atoms with Gasteiger partial charge in [0.1, 0.15) is 0 Å². The maximum atomic E-state index is 11.8. The molecule has 0 unspecified atom stereocenters. The molecule has 0 radical (unpaired) electrons. The minimum absolute atomic E-state index is 0.0881. The number of hydrogen-bond acceptors (Lipinski definition) is 1. The molecule has 0 aliphatic carbocycles. The van der Waals surface area contributed by atoms with Gasteiger partial charge in [-0.3, -0.25) is 0 Å². The monoisotopic (exact) mass is 281 g/mol. The summed E-state index contributed by atoms with van der Waals surface area (Å²) in [7, 11) is 0. The molecule has 0 aliphatic heterocycles. The van der Waals surface area contributed by atoms with Crippen molar-refractivity contribution in [2.45, 2.75) is 19.0 Å². The topological polar surface area (TPSA) is 12.0 Å². The Balaban J connectivity index is 2.30. The molecule has 0 heterocycles. The Hall–Kier alpha value is -0.710. The zero-order chi connectivity index (χ0) is 11.3. The summed E-state index contributed by atoms with van der Waals surface area (Å²) >= 11 is 3.30. The Morgan fingerprint density at radius 2 is 1.87 bits per heavy atom. The molecule has 0 spiro atoms. The largest absolute Gasteiger partial charge is 0.389 e. The van der Waals surface area contributed by atoms with E-state index in [1.165, 1.54) is 0 Å². The van der Waals surface area contributed by atoms with Crippen molar-refractivity contribution in [1.29, 1.82) is 0 Å². The number of para-hydroxylation sites is 1. The van der Waals surface area contributed by atoms with E-state index in [1.54, 1.807) is 0 Å². The van der Waals surface area contributed by atoms with Crippen molar-refractivity contribution < 1.29 is 13.2 Å². The molecule has 0 saturated carbocycles. The lowest BCUT2D eigenvalue weighted by atomic mass is 10.3. The molecular formula is C10H11BrF3N. The lowest BCUT2D eigenvalue weighted by molar-refractivity contribution is -0.134. The summed E-state index contributed by atoms with van der Waals surface area (Å²) in [6.45, 7) is 0.322. The minimum Gasteiger partial charge on any atom is -0.384 e. The van der Waals surface area contributed by atoms with Gasteiger partial charge in [0.25, 0.3) is 0 Å².